The Bertz CT molecular complexity index is 298. The Kier molecular flexibility index (Phi) is 6.26. The normalized spacial score (nSPS) is 22.7. The van der Waals surface area contributed by atoms with Gasteiger partial charge in [-0.2, -0.15) is 0 Å². The number of carbonyl (C=O) groups excluding carboxylic acids is 1. The van der Waals surface area contributed by atoms with Gasteiger partial charge in [0.25, 0.3) is 0 Å². The highest BCUT2D eigenvalue weighted by atomic mass is 16.1. The number of piperazine rings is 1. The lowest BCUT2D eigenvalue weighted by atomic mass is 10.1. The second-order valence-corrected chi connectivity index (χ2v) is 6.11. The highest BCUT2D eigenvalue weighted by molar-refractivity contribution is 5.76. The van der Waals surface area contributed by atoms with Crippen molar-refractivity contribution in [1.29, 1.82) is 0 Å². The first-order valence-electron chi connectivity index (χ1n) is 8.18. The predicted octanol–water partition coefficient (Wildman–Crippen LogP) is 0.400. The van der Waals surface area contributed by atoms with E-state index in [9.17, 15) is 4.79 Å². The molecule has 2 fully saturated rings. The van der Waals surface area contributed by atoms with Gasteiger partial charge in [0.05, 0.1) is 0 Å². The monoisotopic (exact) mass is 282 g/mol. The van der Waals surface area contributed by atoms with Crippen molar-refractivity contribution in [3.8, 4) is 0 Å². The van der Waals surface area contributed by atoms with Crippen molar-refractivity contribution in [2.75, 3.05) is 39.3 Å². The van der Waals surface area contributed by atoms with Crippen LogP contribution in [0.4, 0.5) is 0 Å². The summed E-state index contributed by atoms with van der Waals surface area (Å²) in [5.41, 5.74) is 5.68. The molecule has 1 amide bonds. The van der Waals surface area contributed by atoms with E-state index in [0.29, 0.717) is 18.5 Å². The van der Waals surface area contributed by atoms with Crippen LogP contribution in [0, 0.1) is 0 Å². The van der Waals surface area contributed by atoms with Crippen molar-refractivity contribution in [3.05, 3.63) is 0 Å². The van der Waals surface area contributed by atoms with Crippen molar-refractivity contribution < 1.29 is 4.79 Å². The molecular formula is C15H30N4O. The molecule has 5 nitrogen and oxygen atoms in total. The fourth-order valence-electron chi connectivity index (χ4n) is 2.98. The van der Waals surface area contributed by atoms with E-state index in [0.717, 1.165) is 45.7 Å². The Balaban J connectivity index is 1.61. The summed E-state index contributed by atoms with van der Waals surface area (Å²) in [5.74, 6) is 0.226. The standard InChI is InChI=1S/C15H30N4O/c1-2-14(5-7-16)19-11-9-18(10-12-19)8-6-15(20)17-13-3-4-13/h13-14H,2-12,16H2,1H3,(H,17,20). The van der Waals surface area contributed by atoms with Crippen LogP contribution in [-0.2, 0) is 4.79 Å². The molecule has 0 aromatic carbocycles. The summed E-state index contributed by atoms with van der Waals surface area (Å²) in [6.45, 7) is 8.32. The summed E-state index contributed by atoms with van der Waals surface area (Å²) in [5, 5.41) is 3.06. The fourth-order valence-corrected chi connectivity index (χ4v) is 2.98. The lowest BCUT2D eigenvalue weighted by Gasteiger charge is -2.39. The average molecular weight is 282 g/mol. The molecule has 1 unspecified atom stereocenters. The quantitative estimate of drug-likeness (QED) is 0.676. The van der Waals surface area contributed by atoms with Gasteiger partial charge < -0.3 is 16.0 Å². The molecule has 0 aromatic heterocycles. The smallest absolute Gasteiger partial charge is 0.221 e. The van der Waals surface area contributed by atoms with E-state index in [1.807, 2.05) is 0 Å². The molecule has 1 aliphatic carbocycles. The Morgan fingerprint density at radius 2 is 2.00 bits per heavy atom. The minimum atomic E-state index is 0.226. The topological polar surface area (TPSA) is 61.6 Å². The molecule has 1 aliphatic heterocycles. The molecule has 0 bridgehead atoms. The van der Waals surface area contributed by atoms with E-state index >= 15 is 0 Å². The van der Waals surface area contributed by atoms with Gasteiger partial charge >= 0.3 is 0 Å². The zero-order valence-corrected chi connectivity index (χ0v) is 12.8. The van der Waals surface area contributed by atoms with Crippen molar-refractivity contribution in [3.63, 3.8) is 0 Å². The van der Waals surface area contributed by atoms with E-state index in [4.69, 9.17) is 5.73 Å². The third kappa shape index (κ3) is 5.04. The van der Waals surface area contributed by atoms with Crippen LogP contribution in [0.5, 0.6) is 0 Å². The summed E-state index contributed by atoms with van der Waals surface area (Å²) < 4.78 is 0. The third-order valence-electron chi connectivity index (χ3n) is 4.49. The number of hydrogen-bond acceptors (Lipinski definition) is 4. The Morgan fingerprint density at radius 3 is 2.55 bits per heavy atom. The summed E-state index contributed by atoms with van der Waals surface area (Å²) >= 11 is 0. The van der Waals surface area contributed by atoms with Crippen LogP contribution in [0.1, 0.15) is 39.0 Å². The van der Waals surface area contributed by atoms with Crippen LogP contribution in [0.25, 0.3) is 0 Å². The maximum Gasteiger partial charge on any atom is 0.221 e. The van der Waals surface area contributed by atoms with Crippen molar-refractivity contribution in [1.82, 2.24) is 15.1 Å². The number of nitrogens with zero attached hydrogens (tertiary/aromatic N) is 2. The Morgan fingerprint density at radius 1 is 1.30 bits per heavy atom. The van der Waals surface area contributed by atoms with Gasteiger partial charge in [-0.15, -0.1) is 0 Å². The second kappa shape index (κ2) is 7.96. The zero-order chi connectivity index (χ0) is 14.4. The molecule has 2 aliphatic rings. The van der Waals surface area contributed by atoms with Crippen LogP contribution >= 0.6 is 0 Å². The molecule has 1 saturated heterocycles. The molecule has 1 heterocycles. The van der Waals surface area contributed by atoms with Crippen LogP contribution < -0.4 is 11.1 Å². The van der Waals surface area contributed by atoms with E-state index < -0.39 is 0 Å². The van der Waals surface area contributed by atoms with E-state index in [1.165, 1.54) is 19.3 Å². The zero-order valence-electron chi connectivity index (χ0n) is 12.8. The number of hydrogen-bond donors (Lipinski definition) is 2. The van der Waals surface area contributed by atoms with Gasteiger partial charge in [0.2, 0.25) is 5.91 Å². The molecule has 1 saturated carbocycles. The first-order valence-corrected chi connectivity index (χ1v) is 8.18. The van der Waals surface area contributed by atoms with Gasteiger partial charge in [-0.05, 0) is 32.2 Å². The lowest BCUT2D eigenvalue weighted by molar-refractivity contribution is -0.121. The molecule has 116 valence electrons. The molecule has 1 atom stereocenters. The second-order valence-electron chi connectivity index (χ2n) is 6.11. The summed E-state index contributed by atoms with van der Waals surface area (Å²) in [7, 11) is 0. The van der Waals surface area contributed by atoms with Gasteiger partial charge in [0, 0.05) is 51.2 Å². The lowest BCUT2D eigenvalue weighted by Crippen LogP contribution is -2.51. The first-order chi connectivity index (χ1) is 9.72. The largest absolute Gasteiger partial charge is 0.353 e. The minimum Gasteiger partial charge on any atom is -0.353 e. The fraction of sp³-hybridized carbons (Fsp3) is 0.933. The third-order valence-corrected chi connectivity index (χ3v) is 4.49. The van der Waals surface area contributed by atoms with Crippen molar-refractivity contribution in [2.45, 2.75) is 51.1 Å². The van der Waals surface area contributed by atoms with Crippen LogP contribution in [0.2, 0.25) is 0 Å². The molecule has 0 spiro atoms. The SMILES string of the molecule is CCC(CCN)N1CCN(CCC(=O)NC2CC2)CC1. The Hall–Kier alpha value is -0.650. The van der Waals surface area contributed by atoms with E-state index in [1.54, 1.807) is 0 Å². The predicted molar refractivity (Wildman–Crippen MR) is 81.5 cm³/mol. The van der Waals surface area contributed by atoms with Gasteiger partial charge in [-0.3, -0.25) is 9.69 Å². The minimum absolute atomic E-state index is 0.226. The van der Waals surface area contributed by atoms with Gasteiger partial charge in [0.1, 0.15) is 0 Å². The van der Waals surface area contributed by atoms with E-state index in [-0.39, 0.29) is 5.91 Å². The average Bonchev–Trinajstić information content (AvgIpc) is 3.27. The maximum absolute atomic E-state index is 11.7. The number of carbonyl (C=O) groups is 1. The molecule has 0 aromatic rings. The summed E-state index contributed by atoms with van der Waals surface area (Å²) in [4.78, 5) is 16.7. The number of nitrogens with one attached hydrogen (secondary N) is 1. The van der Waals surface area contributed by atoms with Gasteiger partial charge in [0.15, 0.2) is 0 Å². The molecular weight excluding hydrogens is 252 g/mol. The van der Waals surface area contributed by atoms with Crippen molar-refractivity contribution in [2.24, 2.45) is 5.73 Å². The number of amides is 1. The number of nitrogens with two attached hydrogens (primary N) is 1. The van der Waals surface area contributed by atoms with Crippen molar-refractivity contribution >= 4 is 5.91 Å². The highest BCUT2D eigenvalue weighted by Gasteiger charge is 2.25. The molecule has 0 radical (unpaired) electrons. The van der Waals surface area contributed by atoms with Crippen LogP contribution in [0.3, 0.4) is 0 Å². The highest BCUT2D eigenvalue weighted by Crippen LogP contribution is 2.18. The van der Waals surface area contributed by atoms with E-state index in [2.05, 4.69) is 22.0 Å². The number of rotatable bonds is 8. The van der Waals surface area contributed by atoms with Crippen LogP contribution in [-0.4, -0.2) is 67.1 Å². The summed E-state index contributed by atoms with van der Waals surface area (Å²) in [6.07, 6.45) is 5.27. The molecule has 5 heteroatoms. The molecule has 3 N–H and O–H groups in total. The first kappa shape index (κ1) is 15.7. The van der Waals surface area contributed by atoms with Gasteiger partial charge in [-0.25, -0.2) is 0 Å². The Labute approximate surface area is 122 Å². The van der Waals surface area contributed by atoms with Gasteiger partial charge in [-0.1, -0.05) is 6.92 Å². The summed E-state index contributed by atoms with van der Waals surface area (Å²) in [6, 6.07) is 1.13. The maximum atomic E-state index is 11.7. The molecule has 20 heavy (non-hydrogen) atoms. The van der Waals surface area contributed by atoms with Crippen LogP contribution in [0.15, 0.2) is 0 Å². The molecule has 2 rings (SSSR count).